The van der Waals surface area contributed by atoms with Gasteiger partial charge in [-0.05, 0) is 18.2 Å². The number of nitrogens with one attached hydrogen (secondary N) is 2. The van der Waals surface area contributed by atoms with E-state index in [0.717, 1.165) is 18.2 Å². The maximum Gasteiger partial charge on any atom is 0.242 e. The van der Waals surface area contributed by atoms with Crippen LogP contribution in [0.25, 0.3) is 0 Å². The number of benzene rings is 1. The Morgan fingerprint density at radius 1 is 1.20 bits per heavy atom. The van der Waals surface area contributed by atoms with Crippen LogP contribution >= 0.6 is 0 Å². The highest BCUT2D eigenvalue weighted by atomic mass is 32.2. The van der Waals surface area contributed by atoms with Crippen LogP contribution in [0.1, 0.15) is 6.92 Å². The van der Waals surface area contributed by atoms with Gasteiger partial charge in [-0.25, -0.2) is 30.7 Å². The summed E-state index contributed by atoms with van der Waals surface area (Å²) in [6.07, 6.45) is 0. The summed E-state index contributed by atoms with van der Waals surface area (Å²) in [5.41, 5.74) is 5.18. The van der Waals surface area contributed by atoms with Gasteiger partial charge in [0.25, 0.3) is 0 Å². The van der Waals surface area contributed by atoms with Gasteiger partial charge in [-0.3, -0.25) is 0 Å². The Bertz CT molecular complexity index is 674. The van der Waals surface area contributed by atoms with Crippen molar-refractivity contribution in [3.63, 3.8) is 0 Å². The zero-order valence-corrected chi connectivity index (χ0v) is 12.4. The van der Waals surface area contributed by atoms with Crippen LogP contribution in [0.4, 0.5) is 10.1 Å². The van der Waals surface area contributed by atoms with Crippen LogP contribution in [0.5, 0.6) is 0 Å². The van der Waals surface area contributed by atoms with Crippen molar-refractivity contribution >= 4 is 25.7 Å². The van der Waals surface area contributed by atoms with E-state index in [9.17, 15) is 21.2 Å². The first-order valence-electron chi connectivity index (χ1n) is 5.70. The molecule has 0 unspecified atom stereocenters. The smallest absolute Gasteiger partial charge is 0.242 e. The van der Waals surface area contributed by atoms with Gasteiger partial charge in [-0.15, -0.1) is 0 Å². The van der Waals surface area contributed by atoms with Gasteiger partial charge in [0, 0.05) is 13.1 Å². The lowest BCUT2D eigenvalue weighted by Crippen LogP contribution is -2.34. The lowest BCUT2D eigenvalue weighted by molar-refractivity contribution is 0.576. The average molecular weight is 325 g/mol. The summed E-state index contributed by atoms with van der Waals surface area (Å²) in [6.45, 7) is 1.52. The third kappa shape index (κ3) is 4.71. The van der Waals surface area contributed by atoms with Crippen molar-refractivity contribution in [2.24, 2.45) is 0 Å². The number of halogens is 1. The fourth-order valence-electron chi connectivity index (χ4n) is 1.44. The standard InChI is InChI=1S/C10H16FN3O4S2/c1-2-13-19(15,16)6-5-14-20(17,18)10-4-3-8(11)7-9(10)12/h3-4,7,13-14H,2,5-6,12H2,1H3. The Morgan fingerprint density at radius 2 is 1.85 bits per heavy atom. The minimum absolute atomic E-state index is 0.222. The fourth-order valence-corrected chi connectivity index (χ4v) is 3.67. The Kier molecular flexibility index (Phi) is 5.45. The van der Waals surface area contributed by atoms with E-state index in [2.05, 4.69) is 9.44 Å². The molecule has 0 saturated carbocycles. The second-order valence-electron chi connectivity index (χ2n) is 3.90. The monoisotopic (exact) mass is 325 g/mol. The SMILES string of the molecule is CCNS(=O)(=O)CCNS(=O)(=O)c1ccc(F)cc1N. The van der Waals surface area contributed by atoms with E-state index in [4.69, 9.17) is 5.73 Å². The Hall–Kier alpha value is -1.23. The van der Waals surface area contributed by atoms with Gasteiger partial charge in [0.2, 0.25) is 20.0 Å². The Labute approximate surface area is 117 Å². The molecule has 0 fully saturated rings. The number of sulfonamides is 2. The van der Waals surface area contributed by atoms with Crippen molar-refractivity contribution < 1.29 is 21.2 Å². The molecule has 0 aliphatic rings. The summed E-state index contributed by atoms with van der Waals surface area (Å²) in [5, 5.41) is 0. The van der Waals surface area contributed by atoms with Crippen LogP contribution in [0.2, 0.25) is 0 Å². The molecule has 0 heterocycles. The molecule has 7 nitrogen and oxygen atoms in total. The molecule has 114 valence electrons. The predicted octanol–water partition coefficient (Wildman–Crippen LogP) is -0.374. The third-order valence-corrected chi connectivity index (χ3v) is 5.29. The van der Waals surface area contributed by atoms with E-state index in [1.54, 1.807) is 6.92 Å². The second kappa shape index (κ2) is 6.48. The van der Waals surface area contributed by atoms with Crippen LogP contribution in [-0.2, 0) is 20.0 Å². The van der Waals surface area contributed by atoms with E-state index in [0.29, 0.717) is 0 Å². The minimum Gasteiger partial charge on any atom is -0.398 e. The third-order valence-electron chi connectivity index (χ3n) is 2.29. The van der Waals surface area contributed by atoms with Crippen molar-refractivity contribution in [3.8, 4) is 0 Å². The summed E-state index contributed by atoms with van der Waals surface area (Å²) in [4.78, 5) is -0.292. The number of nitrogens with two attached hydrogens (primary N) is 1. The lowest BCUT2D eigenvalue weighted by Gasteiger charge is -2.09. The molecule has 0 atom stereocenters. The number of hydrogen-bond acceptors (Lipinski definition) is 5. The molecule has 20 heavy (non-hydrogen) atoms. The molecule has 0 aromatic heterocycles. The van der Waals surface area contributed by atoms with Crippen molar-refractivity contribution in [1.82, 2.24) is 9.44 Å². The highest BCUT2D eigenvalue weighted by Gasteiger charge is 2.18. The quantitative estimate of drug-likeness (QED) is 0.591. The zero-order valence-electron chi connectivity index (χ0n) is 10.8. The first kappa shape index (κ1) is 16.8. The summed E-state index contributed by atoms with van der Waals surface area (Å²) >= 11 is 0. The molecule has 0 aliphatic carbocycles. The molecule has 10 heteroatoms. The highest BCUT2D eigenvalue weighted by molar-refractivity contribution is 7.90. The Morgan fingerprint density at radius 3 is 2.40 bits per heavy atom. The molecule has 0 bridgehead atoms. The van der Waals surface area contributed by atoms with Crippen LogP contribution in [0.3, 0.4) is 0 Å². The molecule has 0 saturated heterocycles. The van der Waals surface area contributed by atoms with Crippen molar-refractivity contribution in [2.45, 2.75) is 11.8 Å². The van der Waals surface area contributed by atoms with E-state index >= 15 is 0 Å². The molecular formula is C10H16FN3O4S2. The maximum atomic E-state index is 12.8. The lowest BCUT2D eigenvalue weighted by atomic mass is 10.3. The fraction of sp³-hybridized carbons (Fsp3) is 0.400. The summed E-state index contributed by atoms with van der Waals surface area (Å²) in [7, 11) is -7.50. The van der Waals surface area contributed by atoms with Gasteiger partial charge >= 0.3 is 0 Å². The molecule has 0 radical (unpaired) electrons. The second-order valence-corrected chi connectivity index (χ2v) is 7.56. The van der Waals surface area contributed by atoms with Crippen LogP contribution in [0.15, 0.2) is 23.1 Å². The number of nitrogen functional groups attached to an aromatic ring is 1. The zero-order chi connectivity index (χ0) is 15.4. The molecular weight excluding hydrogens is 309 g/mol. The van der Waals surface area contributed by atoms with E-state index < -0.39 is 31.6 Å². The molecule has 1 aromatic rings. The molecule has 0 amide bonds. The maximum absolute atomic E-state index is 12.8. The highest BCUT2D eigenvalue weighted by Crippen LogP contribution is 2.18. The predicted molar refractivity (Wildman–Crippen MR) is 73.5 cm³/mol. The normalized spacial score (nSPS) is 12.5. The van der Waals surface area contributed by atoms with Gasteiger partial charge < -0.3 is 5.73 Å². The van der Waals surface area contributed by atoms with Gasteiger partial charge in [0.05, 0.1) is 11.4 Å². The van der Waals surface area contributed by atoms with Crippen molar-refractivity contribution in [1.29, 1.82) is 0 Å². The first-order valence-corrected chi connectivity index (χ1v) is 8.83. The summed E-state index contributed by atoms with van der Waals surface area (Å²) in [5.74, 6) is -1.06. The molecule has 1 rings (SSSR count). The Balaban J connectivity index is 2.76. The summed E-state index contributed by atoms with van der Waals surface area (Å²) < 4.78 is 63.6. The van der Waals surface area contributed by atoms with Gasteiger partial charge in [0.1, 0.15) is 10.7 Å². The first-order chi connectivity index (χ1) is 9.18. The number of rotatable bonds is 7. The number of hydrogen-bond donors (Lipinski definition) is 3. The van der Waals surface area contributed by atoms with Crippen LogP contribution in [0, 0.1) is 5.82 Å². The van der Waals surface area contributed by atoms with E-state index in [-0.39, 0.29) is 23.7 Å². The van der Waals surface area contributed by atoms with Gasteiger partial charge in [0.15, 0.2) is 0 Å². The van der Waals surface area contributed by atoms with Gasteiger partial charge in [-0.1, -0.05) is 6.92 Å². The molecule has 0 aliphatic heterocycles. The molecule has 0 spiro atoms. The largest absolute Gasteiger partial charge is 0.398 e. The van der Waals surface area contributed by atoms with Crippen LogP contribution in [-0.4, -0.2) is 35.7 Å². The minimum atomic E-state index is -3.98. The van der Waals surface area contributed by atoms with Crippen molar-refractivity contribution in [3.05, 3.63) is 24.0 Å². The van der Waals surface area contributed by atoms with Crippen LogP contribution < -0.4 is 15.2 Å². The number of anilines is 1. The molecule has 4 N–H and O–H groups in total. The average Bonchev–Trinajstić information content (AvgIpc) is 2.27. The van der Waals surface area contributed by atoms with E-state index in [1.807, 2.05) is 0 Å². The van der Waals surface area contributed by atoms with Crippen molar-refractivity contribution in [2.75, 3.05) is 24.6 Å². The topological polar surface area (TPSA) is 118 Å². The van der Waals surface area contributed by atoms with Gasteiger partial charge in [-0.2, -0.15) is 0 Å². The summed E-state index contributed by atoms with van der Waals surface area (Å²) in [6, 6.07) is 2.86. The molecule has 1 aromatic carbocycles. The van der Waals surface area contributed by atoms with E-state index in [1.165, 1.54) is 0 Å².